The Kier molecular flexibility index (Phi) is 6.81. The Morgan fingerprint density at radius 2 is 1.73 bits per heavy atom. The van der Waals surface area contributed by atoms with Gasteiger partial charge in [0.2, 0.25) is 0 Å². The third-order valence-corrected chi connectivity index (χ3v) is 4.60. The van der Waals surface area contributed by atoms with E-state index in [0.717, 1.165) is 34.5 Å². The second kappa shape index (κ2) is 8.86. The molecule has 0 heterocycles. The molecule has 0 fully saturated rings. The van der Waals surface area contributed by atoms with Crippen molar-refractivity contribution in [1.82, 2.24) is 0 Å². The SMILES string of the molecule is CCC[C@@](C)(OC)C(=O)Nc1cc(C)c(OCc2ccccc2)c(C)c1. The molecule has 1 amide bonds. The Balaban J connectivity index is 2.12. The summed E-state index contributed by atoms with van der Waals surface area (Å²) in [6.07, 6.45) is 1.55. The van der Waals surface area contributed by atoms with Gasteiger partial charge in [0.1, 0.15) is 18.0 Å². The summed E-state index contributed by atoms with van der Waals surface area (Å²) in [6, 6.07) is 13.9. The summed E-state index contributed by atoms with van der Waals surface area (Å²) in [5, 5.41) is 2.98. The average Bonchev–Trinajstić information content (AvgIpc) is 2.62. The van der Waals surface area contributed by atoms with E-state index in [1.54, 1.807) is 7.11 Å². The Morgan fingerprint density at radius 1 is 1.12 bits per heavy atom. The normalized spacial score (nSPS) is 13.1. The van der Waals surface area contributed by atoms with Crippen LogP contribution in [-0.2, 0) is 16.1 Å². The lowest BCUT2D eigenvalue weighted by molar-refractivity contribution is -0.136. The van der Waals surface area contributed by atoms with Crippen LogP contribution in [0.5, 0.6) is 5.75 Å². The quantitative estimate of drug-likeness (QED) is 0.723. The topological polar surface area (TPSA) is 47.6 Å². The van der Waals surface area contributed by atoms with Crippen LogP contribution >= 0.6 is 0 Å². The minimum absolute atomic E-state index is 0.126. The molecule has 0 radical (unpaired) electrons. The zero-order valence-electron chi connectivity index (χ0n) is 16.4. The molecule has 0 saturated heterocycles. The lowest BCUT2D eigenvalue weighted by Crippen LogP contribution is -2.41. The number of carbonyl (C=O) groups excluding carboxylic acids is 1. The van der Waals surface area contributed by atoms with Gasteiger partial charge in [-0.3, -0.25) is 4.79 Å². The summed E-state index contributed by atoms with van der Waals surface area (Å²) in [5.74, 6) is 0.730. The molecule has 140 valence electrons. The van der Waals surface area contributed by atoms with Crippen LogP contribution in [0.2, 0.25) is 0 Å². The number of nitrogens with one attached hydrogen (secondary N) is 1. The van der Waals surface area contributed by atoms with Gasteiger partial charge in [0.05, 0.1) is 0 Å². The average molecular weight is 355 g/mol. The van der Waals surface area contributed by atoms with E-state index in [-0.39, 0.29) is 5.91 Å². The number of aryl methyl sites for hydroxylation is 2. The second-order valence-electron chi connectivity index (χ2n) is 6.85. The van der Waals surface area contributed by atoms with E-state index in [1.165, 1.54) is 0 Å². The number of benzene rings is 2. The summed E-state index contributed by atoms with van der Waals surface area (Å²) in [7, 11) is 1.58. The molecule has 4 nitrogen and oxygen atoms in total. The monoisotopic (exact) mass is 355 g/mol. The first kappa shape index (κ1) is 20.0. The van der Waals surface area contributed by atoms with Crippen molar-refractivity contribution in [2.45, 2.75) is 52.7 Å². The van der Waals surface area contributed by atoms with Crippen LogP contribution in [0.15, 0.2) is 42.5 Å². The number of methoxy groups -OCH3 is 1. The molecule has 0 aliphatic carbocycles. The third-order valence-electron chi connectivity index (χ3n) is 4.60. The van der Waals surface area contributed by atoms with Gasteiger partial charge < -0.3 is 14.8 Å². The van der Waals surface area contributed by atoms with Crippen molar-refractivity contribution in [2.75, 3.05) is 12.4 Å². The van der Waals surface area contributed by atoms with Gasteiger partial charge >= 0.3 is 0 Å². The van der Waals surface area contributed by atoms with Gasteiger partial charge in [-0.2, -0.15) is 0 Å². The lowest BCUT2D eigenvalue weighted by atomic mass is 9.99. The number of hydrogen-bond acceptors (Lipinski definition) is 3. The summed E-state index contributed by atoms with van der Waals surface area (Å²) in [5.41, 5.74) is 3.05. The maximum atomic E-state index is 12.6. The molecule has 2 aromatic rings. The fourth-order valence-corrected chi connectivity index (χ4v) is 3.03. The van der Waals surface area contributed by atoms with Gasteiger partial charge in [-0.05, 0) is 56.0 Å². The van der Waals surface area contributed by atoms with E-state index in [0.29, 0.717) is 13.0 Å². The van der Waals surface area contributed by atoms with Crippen molar-refractivity contribution >= 4 is 11.6 Å². The number of ether oxygens (including phenoxy) is 2. The highest BCUT2D eigenvalue weighted by atomic mass is 16.5. The number of carbonyl (C=O) groups is 1. The van der Waals surface area contributed by atoms with Crippen LogP contribution in [0.1, 0.15) is 43.4 Å². The highest BCUT2D eigenvalue weighted by Gasteiger charge is 2.32. The number of rotatable bonds is 8. The summed E-state index contributed by atoms with van der Waals surface area (Å²) in [6.45, 7) is 8.36. The van der Waals surface area contributed by atoms with Crippen molar-refractivity contribution in [3.05, 3.63) is 59.2 Å². The minimum atomic E-state index is -0.820. The van der Waals surface area contributed by atoms with Crippen LogP contribution < -0.4 is 10.1 Å². The first-order valence-electron chi connectivity index (χ1n) is 9.04. The minimum Gasteiger partial charge on any atom is -0.488 e. The van der Waals surface area contributed by atoms with Gasteiger partial charge in [-0.15, -0.1) is 0 Å². The molecule has 1 N–H and O–H groups in total. The third kappa shape index (κ3) is 4.85. The molecular weight excluding hydrogens is 326 g/mol. The van der Waals surface area contributed by atoms with E-state index < -0.39 is 5.60 Å². The molecule has 2 rings (SSSR count). The summed E-state index contributed by atoms with van der Waals surface area (Å²) in [4.78, 5) is 12.6. The highest BCUT2D eigenvalue weighted by molar-refractivity contribution is 5.97. The molecule has 0 spiro atoms. The van der Waals surface area contributed by atoms with Crippen molar-refractivity contribution < 1.29 is 14.3 Å². The number of hydrogen-bond donors (Lipinski definition) is 1. The Labute approximate surface area is 156 Å². The van der Waals surface area contributed by atoms with Crippen molar-refractivity contribution in [3.8, 4) is 5.75 Å². The zero-order chi connectivity index (χ0) is 19.2. The zero-order valence-corrected chi connectivity index (χ0v) is 16.4. The maximum absolute atomic E-state index is 12.6. The molecule has 0 bridgehead atoms. The molecule has 2 aromatic carbocycles. The van der Waals surface area contributed by atoms with Crippen molar-refractivity contribution in [1.29, 1.82) is 0 Å². The molecule has 1 atom stereocenters. The number of anilines is 1. The molecule has 26 heavy (non-hydrogen) atoms. The maximum Gasteiger partial charge on any atom is 0.256 e. The fraction of sp³-hybridized carbons (Fsp3) is 0.409. The lowest BCUT2D eigenvalue weighted by Gasteiger charge is -2.26. The molecule has 4 heteroatoms. The van der Waals surface area contributed by atoms with E-state index in [4.69, 9.17) is 9.47 Å². The van der Waals surface area contributed by atoms with Gasteiger partial charge in [-0.1, -0.05) is 43.7 Å². The number of amides is 1. The fourth-order valence-electron chi connectivity index (χ4n) is 3.03. The molecule has 0 saturated carbocycles. The van der Waals surface area contributed by atoms with Crippen LogP contribution in [0, 0.1) is 13.8 Å². The van der Waals surface area contributed by atoms with Gasteiger partial charge in [0.25, 0.3) is 5.91 Å². The van der Waals surface area contributed by atoms with Gasteiger partial charge in [-0.25, -0.2) is 0 Å². The van der Waals surface area contributed by atoms with Crippen LogP contribution in [0.4, 0.5) is 5.69 Å². The Morgan fingerprint density at radius 3 is 2.27 bits per heavy atom. The van der Waals surface area contributed by atoms with Crippen LogP contribution in [-0.4, -0.2) is 18.6 Å². The largest absolute Gasteiger partial charge is 0.488 e. The predicted molar refractivity (Wildman–Crippen MR) is 106 cm³/mol. The van der Waals surface area contributed by atoms with E-state index in [2.05, 4.69) is 5.32 Å². The summed E-state index contributed by atoms with van der Waals surface area (Å²) < 4.78 is 11.5. The Bertz CT molecular complexity index is 719. The molecule has 0 aliphatic rings. The Hall–Kier alpha value is -2.33. The highest BCUT2D eigenvalue weighted by Crippen LogP contribution is 2.29. The molecular formula is C22H29NO3. The first-order chi connectivity index (χ1) is 12.4. The molecule has 0 aromatic heterocycles. The van der Waals surface area contributed by atoms with Crippen molar-refractivity contribution in [3.63, 3.8) is 0 Å². The van der Waals surface area contributed by atoms with Crippen LogP contribution in [0.3, 0.4) is 0 Å². The van der Waals surface area contributed by atoms with Gasteiger partial charge in [0, 0.05) is 12.8 Å². The predicted octanol–water partition coefficient (Wildman–Crippen LogP) is 5.03. The molecule has 0 unspecified atom stereocenters. The second-order valence-corrected chi connectivity index (χ2v) is 6.85. The molecule has 0 aliphatic heterocycles. The smallest absolute Gasteiger partial charge is 0.256 e. The van der Waals surface area contributed by atoms with E-state index in [9.17, 15) is 4.79 Å². The van der Waals surface area contributed by atoms with E-state index >= 15 is 0 Å². The standard InChI is InChI=1S/C22H29NO3/c1-6-12-22(4,25-5)21(24)23-19-13-16(2)20(17(3)14-19)26-15-18-10-8-7-9-11-18/h7-11,13-14H,6,12,15H2,1-5H3,(H,23,24)/t22-/m1/s1. The summed E-state index contributed by atoms with van der Waals surface area (Å²) >= 11 is 0. The van der Waals surface area contributed by atoms with Crippen LogP contribution in [0.25, 0.3) is 0 Å². The van der Waals surface area contributed by atoms with E-state index in [1.807, 2.05) is 70.2 Å². The van der Waals surface area contributed by atoms with Crippen molar-refractivity contribution in [2.24, 2.45) is 0 Å². The first-order valence-corrected chi connectivity index (χ1v) is 9.04. The van der Waals surface area contributed by atoms with Gasteiger partial charge in [0.15, 0.2) is 0 Å².